The van der Waals surface area contributed by atoms with E-state index in [0.717, 1.165) is 51.7 Å². The molecule has 0 rings (SSSR count). The van der Waals surface area contributed by atoms with E-state index in [1.807, 2.05) is 0 Å². The van der Waals surface area contributed by atoms with Crippen molar-refractivity contribution >= 4 is 5.96 Å². The van der Waals surface area contributed by atoms with Gasteiger partial charge in [0.2, 0.25) is 0 Å². The summed E-state index contributed by atoms with van der Waals surface area (Å²) < 4.78 is 11.0. The van der Waals surface area contributed by atoms with Crippen molar-refractivity contribution in [2.75, 3.05) is 59.2 Å². The standard InChI is InChI=1S/C18H40N4O2/c1-6-9-13-23-15-16-24-14-11-21-18(19-7-2)20-10-12-22(8-3)17(4)5/h17H,6-16H2,1-5H3,(H2,19,20,21). The number of rotatable bonds is 15. The van der Waals surface area contributed by atoms with Crippen LogP contribution in [-0.4, -0.2) is 76.1 Å². The van der Waals surface area contributed by atoms with Gasteiger partial charge >= 0.3 is 0 Å². The van der Waals surface area contributed by atoms with Crippen LogP contribution in [-0.2, 0) is 9.47 Å². The van der Waals surface area contributed by atoms with E-state index in [-0.39, 0.29) is 0 Å². The van der Waals surface area contributed by atoms with Crippen molar-refractivity contribution in [2.24, 2.45) is 4.99 Å². The van der Waals surface area contributed by atoms with Crippen molar-refractivity contribution in [1.82, 2.24) is 15.5 Å². The predicted molar refractivity (Wildman–Crippen MR) is 103 cm³/mol. The van der Waals surface area contributed by atoms with Gasteiger partial charge in [0.05, 0.1) is 26.4 Å². The maximum absolute atomic E-state index is 5.56. The van der Waals surface area contributed by atoms with Gasteiger partial charge in [-0.15, -0.1) is 0 Å². The number of guanidine groups is 1. The van der Waals surface area contributed by atoms with E-state index >= 15 is 0 Å². The highest BCUT2D eigenvalue weighted by Gasteiger charge is 2.05. The van der Waals surface area contributed by atoms with E-state index in [9.17, 15) is 0 Å². The normalized spacial score (nSPS) is 12.2. The van der Waals surface area contributed by atoms with Crippen LogP contribution in [0.5, 0.6) is 0 Å². The average Bonchev–Trinajstić information content (AvgIpc) is 2.56. The van der Waals surface area contributed by atoms with Crippen molar-refractivity contribution < 1.29 is 9.47 Å². The Balaban J connectivity index is 3.81. The number of likely N-dealkylation sites (N-methyl/N-ethyl adjacent to an activating group) is 1. The third kappa shape index (κ3) is 13.6. The van der Waals surface area contributed by atoms with Crippen LogP contribution in [0.1, 0.15) is 47.5 Å². The van der Waals surface area contributed by atoms with E-state index in [1.165, 1.54) is 6.42 Å². The predicted octanol–water partition coefficient (Wildman–Crippen LogP) is 2.11. The summed E-state index contributed by atoms with van der Waals surface area (Å²) in [5.74, 6) is 0.861. The number of nitrogens with zero attached hydrogens (tertiary/aromatic N) is 2. The molecule has 0 spiro atoms. The van der Waals surface area contributed by atoms with Gasteiger partial charge in [-0.3, -0.25) is 9.89 Å². The van der Waals surface area contributed by atoms with Crippen LogP contribution in [0.3, 0.4) is 0 Å². The first kappa shape index (κ1) is 23.1. The monoisotopic (exact) mass is 344 g/mol. The zero-order chi connectivity index (χ0) is 18.0. The molecule has 0 bridgehead atoms. The highest BCUT2D eigenvalue weighted by Crippen LogP contribution is 1.96. The molecule has 0 aliphatic rings. The number of ether oxygens (including phenoxy) is 2. The number of unbranched alkanes of at least 4 members (excludes halogenated alkanes) is 1. The minimum Gasteiger partial charge on any atom is -0.379 e. The summed E-state index contributed by atoms with van der Waals surface area (Å²) in [7, 11) is 0. The first-order chi connectivity index (χ1) is 11.7. The SMILES string of the molecule is CCCCOCCOCCNC(=NCCN(CC)C(C)C)NCC. The van der Waals surface area contributed by atoms with Crippen LogP contribution in [0.2, 0.25) is 0 Å². The third-order valence-electron chi connectivity index (χ3n) is 3.69. The number of aliphatic imine (C=N–C) groups is 1. The molecule has 0 aromatic carbocycles. The second-order valence-corrected chi connectivity index (χ2v) is 5.99. The topological polar surface area (TPSA) is 58.1 Å². The maximum Gasteiger partial charge on any atom is 0.191 e. The minimum atomic E-state index is 0.564. The first-order valence-electron chi connectivity index (χ1n) is 9.57. The molecular weight excluding hydrogens is 304 g/mol. The lowest BCUT2D eigenvalue weighted by atomic mass is 10.3. The molecular formula is C18H40N4O2. The van der Waals surface area contributed by atoms with E-state index in [1.54, 1.807) is 0 Å². The number of hydrogen-bond acceptors (Lipinski definition) is 4. The van der Waals surface area contributed by atoms with Crippen molar-refractivity contribution in [2.45, 2.75) is 53.5 Å². The summed E-state index contributed by atoms with van der Waals surface area (Å²) in [4.78, 5) is 7.04. The molecule has 0 aromatic heterocycles. The molecule has 6 heteroatoms. The van der Waals surface area contributed by atoms with Crippen molar-refractivity contribution in [3.05, 3.63) is 0 Å². The van der Waals surface area contributed by atoms with Crippen molar-refractivity contribution in [3.8, 4) is 0 Å². The van der Waals surface area contributed by atoms with Crippen LogP contribution in [0.4, 0.5) is 0 Å². The Bertz CT molecular complexity index is 299. The van der Waals surface area contributed by atoms with Gasteiger partial charge in [0.25, 0.3) is 0 Å². The molecule has 0 aliphatic heterocycles. The van der Waals surface area contributed by atoms with E-state index in [0.29, 0.717) is 25.9 Å². The highest BCUT2D eigenvalue weighted by atomic mass is 16.5. The Hall–Kier alpha value is -0.850. The lowest BCUT2D eigenvalue weighted by Crippen LogP contribution is -2.40. The summed E-state index contributed by atoms with van der Waals surface area (Å²) in [6.07, 6.45) is 2.29. The van der Waals surface area contributed by atoms with Crippen LogP contribution >= 0.6 is 0 Å². The Morgan fingerprint density at radius 3 is 2.29 bits per heavy atom. The Labute approximate surface area is 149 Å². The Morgan fingerprint density at radius 2 is 1.71 bits per heavy atom. The summed E-state index contributed by atoms with van der Waals surface area (Å²) in [6, 6.07) is 0.564. The second kappa shape index (κ2) is 17.0. The van der Waals surface area contributed by atoms with Crippen LogP contribution in [0.25, 0.3) is 0 Å². The molecule has 24 heavy (non-hydrogen) atoms. The van der Waals surface area contributed by atoms with Gasteiger partial charge in [-0.2, -0.15) is 0 Å². The Morgan fingerprint density at radius 1 is 1.00 bits per heavy atom. The zero-order valence-electron chi connectivity index (χ0n) is 16.6. The second-order valence-electron chi connectivity index (χ2n) is 5.99. The lowest BCUT2D eigenvalue weighted by molar-refractivity contribution is 0.0487. The third-order valence-corrected chi connectivity index (χ3v) is 3.69. The summed E-state index contributed by atoms with van der Waals surface area (Å²) in [5.41, 5.74) is 0. The zero-order valence-corrected chi connectivity index (χ0v) is 16.6. The molecule has 0 atom stereocenters. The fourth-order valence-electron chi connectivity index (χ4n) is 2.22. The summed E-state index contributed by atoms with van der Waals surface area (Å²) in [6.45, 7) is 18.2. The van der Waals surface area contributed by atoms with Gasteiger partial charge in [-0.25, -0.2) is 0 Å². The average molecular weight is 345 g/mol. The van der Waals surface area contributed by atoms with Crippen molar-refractivity contribution in [3.63, 3.8) is 0 Å². The maximum atomic E-state index is 5.56. The smallest absolute Gasteiger partial charge is 0.191 e. The molecule has 0 radical (unpaired) electrons. The first-order valence-corrected chi connectivity index (χ1v) is 9.57. The molecule has 2 N–H and O–H groups in total. The molecule has 144 valence electrons. The van der Waals surface area contributed by atoms with Gasteiger partial charge in [-0.1, -0.05) is 20.3 Å². The van der Waals surface area contributed by atoms with E-state index in [2.05, 4.69) is 55.1 Å². The summed E-state index contributed by atoms with van der Waals surface area (Å²) in [5, 5.41) is 6.58. The fraction of sp³-hybridized carbons (Fsp3) is 0.944. The number of hydrogen-bond donors (Lipinski definition) is 2. The quantitative estimate of drug-likeness (QED) is 0.271. The Kier molecular flexibility index (Phi) is 16.4. The molecule has 0 saturated heterocycles. The number of nitrogens with one attached hydrogen (secondary N) is 2. The molecule has 6 nitrogen and oxygen atoms in total. The molecule has 0 unspecified atom stereocenters. The van der Waals surface area contributed by atoms with Gasteiger partial charge in [-0.05, 0) is 33.7 Å². The molecule has 0 saturated carbocycles. The minimum absolute atomic E-state index is 0.564. The van der Waals surface area contributed by atoms with Crippen LogP contribution < -0.4 is 10.6 Å². The van der Waals surface area contributed by atoms with Crippen LogP contribution in [0.15, 0.2) is 4.99 Å². The van der Waals surface area contributed by atoms with Gasteiger partial charge < -0.3 is 20.1 Å². The van der Waals surface area contributed by atoms with E-state index in [4.69, 9.17) is 9.47 Å². The van der Waals surface area contributed by atoms with Crippen LogP contribution in [0, 0.1) is 0 Å². The van der Waals surface area contributed by atoms with Gasteiger partial charge in [0, 0.05) is 32.3 Å². The molecule has 0 amide bonds. The summed E-state index contributed by atoms with van der Waals surface area (Å²) >= 11 is 0. The molecule has 0 heterocycles. The largest absolute Gasteiger partial charge is 0.379 e. The van der Waals surface area contributed by atoms with Gasteiger partial charge in [0.1, 0.15) is 0 Å². The fourth-order valence-corrected chi connectivity index (χ4v) is 2.22. The highest BCUT2D eigenvalue weighted by molar-refractivity contribution is 5.79. The van der Waals surface area contributed by atoms with Crippen molar-refractivity contribution in [1.29, 1.82) is 0 Å². The van der Waals surface area contributed by atoms with Gasteiger partial charge in [0.15, 0.2) is 5.96 Å². The molecule has 0 fully saturated rings. The molecule has 0 aliphatic carbocycles. The lowest BCUT2D eigenvalue weighted by Gasteiger charge is -2.23. The molecule has 0 aromatic rings. The van der Waals surface area contributed by atoms with E-state index < -0.39 is 0 Å².